The molecule has 1 rings (SSSR count). The number of carbonyl (C=O) groups is 1. The summed E-state index contributed by atoms with van der Waals surface area (Å²) in [7, 11) is 1.26. The molecule has 0 radical (unpaired) electrons. The smallest absolute Gasteiger partial charge is 0.309 e. The number of rotatable bonds is 3. The largest absolute Gasteiger partial charge is 0.469 e. The van der Waals surface area contributed by atoms with Crippen LogP contribution in [0.1, 0.15) is 12.0 Å². The van der Waals surface area contributed by atoms with Gasteiger partial charge in [-0.3, -0.25) is 4.79 Å². The molecule has 0 unspecified atom stereocenters. The van der Waals surface area contributed by atoms with Crippen molar-refractivity contribution in [3.63, 3.8) is 0 Å². The number of methoxy groups -OCH3 is 1. The molecule has 0 N–H and O–H groups in total. The molecule has 0 heterocycles. The summed E-state index contributed by atoms with van der Waals surface area (Å²) in [6, 6.07) is 2.30. The molecule has 0 aromatic heterocycles. The summed E-state index contributed by atoms with van der Waals surface area (Å²) >= 11 is 5.38. The number of hydrogen-bond donors (Lipinski definition) is 0. The van der Waals surface area contributed by atoms with Gasteiger partial charge in [0.05, 0.1) is 13.5 Å². The van der Waals surface area contributed by atoms with Gasteiger partial charge in [-0.1, -0.05) is 23.8 Å². The number of esters is 1. The van der Waals surface area contributed by atoms with Gasteiger partial charge in [-0.2, -0.15) is 0 Å². The molecule has 0 aliphatic heterocycles. The van der Waals surface area contributed by atoms with E-state index in [9.17, 15) is 13.6 Å². The fourth-order valence-electron chi connectivity index (χ4n) is 1.04. The molecule has 86 valence electrons. The second-order valence-corrected chi connectivity index (χ2v) is 3.33. The molecule has 0 spiro atoms. The Balaban J connectivity index is 2.82. The summed E-state index contributed by atoms with van der Waals surface area (Å²) in [6.07, 6.45) is 2.78. The highest BCUT2D eigenvalue weighted by Gasteiger charge is 2.09. The van der Waals surface area contributed by atoms with Crippen molar-refractivity contribution in [3.05, 3.63) is 40.4 Å². The number of carbonyl (C=O) groups excluding carboxylic acids is 1. The van der Waals surface area contributed by atoms with E-state index in [2.05, 4.69) is 4.74 Å². The monoisotopic (exact) mass is 246 g/mol. The van der Waals surface area contributed by atoms with Gasteiger partial charge in [-0.25, -0.2) is 8.78 Å². The lowest BCUT2D eigenvalue weighted by Crippen LogP contribution is -1.96. The number of ether oxygens (including phenoxy) is 1. The molecular formula is C11H9ClF2O2. The minimum atomic E-state index is -0.845. The first-order valence-corrected chi connectivity index (χ1v) is 4.81. The maximum absolute atomic E-state index is 13.3. The Bertz CT molecular complexity index is 430. The van der Waals surface area contributed by atoms with Gasteiger partial charge in [0.25, 0.3) is 0 Å². The normalized spacial score (nSPS) is 10.8. The lowest BCUT2D eigenvalue weighted by Gasteiger charge is -2.00. The molecule has 0 aliphatic rings. The maximum atomic E-state index is 13.3. The highest BCUT2D eigenvalue weighted by atomic mass is 35.5. The van der Waals surface area contributed by atoms with Gasteiger partial charge in [-0.05, 0) is 12.1 Å². The summed E-state index contributed by atoms with van der Waals surface area (Å²) in [5.41, 5.74) is 0.121. The van der Waals surface area contributed by atoms with E-state index in [0.29, 0.717) is 0 Å². The van der Waals surface area contributed by atoms with Crippen molar-refractivity contribution in [3.8, 4) is 0 Å². The first-order chi connectivity index (χ1) is 7.56. The molecule has 0 bridgehead atoms. The van der Waals surface area contributed by atoms with Crippen LogP contribution in [0.5, 0.6) is 0 Å². The van der Waals surface area contributed by atoms with E-state index >= 15 is 0 Å². The Morgan fingerprint density at radius 2 is 2.19 bits per heavy atom. The van der Waals surface area contributed by atoms with E-state index in [0.717, 1.165) is 6.07 Å². The molecule has 1 aromatic rings. The van der Waals surface area contributed by atoms with Gasteiger partial charge >= 0.3 is 5.97 Å². The van der Waals surface area contributed by atoms with E-state index in [-0.39, 0.29) is 12.0 Å². The molecule has 0 atom stereocenters. The van der Waals surface area contributed by atoms with Crippen LogP contribution in [0.25, 0.3) is 6.08 Å². The van der Waals surface area contributed by atoms with Crippen LogP contribution >= 0.6 is 11.6 Å². The van der Waals surface area contributed by atoms with E-state index in [4.69, 9.17) is 11.6 Å². The van der Waals surface area contributed by atoms with Crippen LogP contribution in [-0.2, 0) is 9.53 Å². The molecule has 5 heteroatoms. The Morgan fingerprint density at radius 1 is 1.50 bits per heavy atom. The molecule has 0 saturated heterocycles. The number of halogens is 3. The molecule has 0 saturated carbocycles. The predicted molar refractivity (Wildman–Crippen MR) is 57.0 cm³/mol. The third-order valence-electron chi connectivity index (χ3n) is 1.87. The first kappa shape index (κ1) is 12.6. The summed E-state index contributed by atoms with van der Waals surface area (Å²) in [6.45, 7) is 0. The lowest BCUT2D eigenvalue weighted by molar-refractivity contribution is -0.139. The van der Waals surface area contributed by atoms with Crippen LogP contribution in [0, 0.1) is 11.6 Å². The van der Waals surface area contributed by atoms with Crippen LogP contribution < -0.4 is 0 Å². The van der Waals surface area contributed by atoms with Crippen molar-refractivity contribution in [2.45, 2.75) is 6.42 Å². The Morgan fingerprint density at radius 3 is 2.81 bits per heavy atom. The number of hydrogen-bond acceptors (Lipinski definition) is 2. The van der Waals surface area contributed by atoms with Gasteiger partial charge < -0.3 is 4.74 Å². The summed E-state index contributed by atoms with van der Waals surface area (Å²) in [5, 5.41) is -0.555. The van der Waals surface area contributed by atoms with Crippen molar-refractivity contribution in [1.82, 2.24) is 0 Å². The van der Waals surface area contributed by atoms with E-state index in [1.165, 1.54) is 25.3 Å². The van der Waals surface area contributed by atoms with Crippen LogP contribution in [-0.4, -0.2) is 13.1 Å². The molecule has 0 fully saturated rings. The topological polar surface area (TPSA) is 26.3 Å². The second kappa shape index (κ2) is 5.61. The zero-order valence-corrected chi connectivity index (χ0v) is 9.22. The van der Waals surface area contributed by atoms with Crippen molar-refractivity contribution >= 4 is 23.6 Å². The average Bonchev–Trinajstić information content (AvgIpc) is 2.29. The van der Waals surface area contributed by atoms with Crippen molar-refractivity contribution in [2.75, 3.05) is 7.11 Å². The summed E-state index contributed by atoms with van der Waals surface area (Å²) < 4.78 is 30.5. The molecule has 1 aromatic carbocycles. The van der Waals surface area contributed by atoms with E-state index < -0.39 is 22.6 Å². The predicted octanol–water partition coefficient (Wildman–Crippen LogP) is 3.19. The molecule has 0 aliphatic carbocycles. The Kier molecular flexibility index (Phi) is 4.43. The second-order valence-electron chi connectivity index (χ2n) is 2.95. The highest BCUT2D eigenvalue weighted by Crippen LogP contribution is 2.22. The van der Waals surface area contributed by atoms with Gasteiger partial charge in [0, 0.05) is 5.56 Å². The van der Waals surface area contributed by atoms with Gasteiger partial charge in [0.2, 0.25) is 0 Å². The van der Waals surface area contributed by atoms with E-state index in [1.54, 1.807) is 0 Å². The van der Waals surface area contributed by atoms with Gasteiger partial charge in [0.15, 0.2) is 5.82 Å². The fraction of sp³-hybridized carbons (Fsp3) is 0.182. The molecule has 2 nitrogen and oxygen atoms in total. The van der Waals surface area contributed by atoms with Gasteiger partial charge in [-0.15, -0.1) is 0 Å². The minimum Gasteiger partial charge on any atom is -0.469 e. The summed E-state index contributed by atoms with van der Waals surface area (Å²) in [5.74, 6) is -2.10. The van der Waals surface area contributed by atoms with Crippen LogP contribution in [0.3, 0.4) is 0 Å². The SMILES string of the molecule is COC(=O)CC=Cc1ccc(F)c(Cl)c1F. The minimum absolute atomic E-state index is 0.0188. The molecule has 0 amide bonds. The van der Waals surface area contributed by atoms with Crippen LogP contribution in [0.2, 0.25) is 5.02 Å². The quantitative estimate of drug-likeness (QED) is 0.605. The molecule has 16 heavy (non-hydrogen) atoms. The third-order valence-corrected chi connectivity index (χ3v) is 2.22. The highest BCUT2D eigenvalue weighted by molar-refractivity contribution is 6.31. The van der Waals surface area contributed by atoms with Crippen LogP contribution in [0.15, 0.2) is 18.2 Å². The zero-order chi connectivity index (χ0) is 12.1. The van der Waals surface area contributed by atoms with Gasteiger partial charge in [0.1, 0.15) is 10.8 Å². The van der Waals surface area contributed by atoms with Crippen molar-refractivity contribution < 1.29 is 18.3 Å². The zero-order valence-electron chi connectivity index (χ0n) is 8.47. The Hall–Kier alpha value is -1.42. The van der Waals surface area contributed by atoms with Crippen LogP contribution in [0.4, 0.5) is 8.78 Å². The molecular weight excluding hydrogens is 238 g/mol. The standard InChI is InChI=1S/C11H9ClF2O2/c1-16-9(15)4-2-3-7-5-6-8(13)10(12)11(7)14/h2-3,5-6H,4H2,1H3. The number of benzene rings is 1. The summed E-state index contributed by atoms with van der Waals surface area (Å²) in [4.78, 5) is 10.8. The van der Waals surface area contributed by atoms with Crippen molar-refractivity contribution in [1.29, 1.82) is 0 Å². The fourth-order valence-corrected chi connectivity index (χ4v) is 1.21. The average molecular weight is 247 g/mol. The Labute approximate surface area is 96.5 Å². The van der Waals surface area contributed by atoms with Crippen molar-refractivity contribution in [2.24, 2.45) is 0 Å². The first-order valence-electron chi connectivity index (χ1n) is 4.43. The third kappa shape index (κ3) is 3.03. The lowest BCUT2D eigenvalue weighted by atomic mass is 10.2. The maximum Gasteiger partial charge on any atom is 0.309 e. The van der Waals surface area contributed by atoms with E-state index in [1.807, 2.05) is 0 Å².